The third-order valence-corrected chi connectivity index (χ3v) is 5.67. The molecule has 3 rings (SSSR count). The highest BCUT2D eigenvalue weighted by Crippen LogP contribution is 2.19. The first kappa shape index (κ1) is 18.4. The van der Waals surface area contributed by atoms with E-state index in [-0.39, 0.29) is 23.4 Å². The molecule has 0 spiro atoms. The first-order valence-corrected chi connectivity index (χ1v) is 9.70. The van der Waals surface area contributed by atoms with Gasteiger partial charge >= 0.3 is 0 Å². The Hall–Kier alpha value is -2.35. The standard InChI is InChI=1S/C18H17ClN2O4S/c1-25-15-4-7-17-13(11-15)10-12(18(22)21-17)8-9-20-26(23,24)16-5-2-14(19)3-6-16/h2-7,10-11,20H,8-9H2,1H3,(H,21,22). The monoisotopic (exact) mass is 392 g/mol. The highest BCUT2D eigenvalue weighted by molar-refractivity contribution is 7.89. The number of halogens is 1. The van der Waals surface area contributed by atoms with E-state index in [4.69, 9.17) is 16.3 Å². The number of fused-ring (bicyclic) bond motifs is 1. The van der Waals surface area contributed by atoms with Crippen molar-refractivity contribution in [2.45, 2.75) is 11.3 Å². The molecule has 0 saturated heterocycles. The molecule has 2 aromatic carbocycles. The van der Waals surface area contributed by atoms with E-state index >= 15 is 0 Å². The van der Waals surface area contributed by atoms with Crippen LogP contribution in [-0.4, -0.2) is 27.1 Å². The zero-order valence-electron chi connectivity index (χ0n) is 14.0. The Balaban J connectivity index is 1.76. The van der Waals surface area contributed by atoms with Crippen molar-refractivity contribution >= 4 is 32.5 Å². The van der Waals surface area contributed by atoms with E-state index < -0.39 is 10.0 Å². The number of nitrogens with one attached hydrogen (secondary N) is 2. The Bertz CT molecular complexity index is 1090. The summed E-state index contributed by atoms with van der Waals surface area (Å²) in [6, 6.07) is 13.0. The van der Waals surface area contributed by atoms with Gasteiger partial charge in [-0.15, -0.1) is 0 Å². The third kappa shape index (κ3) is 4.07. The maximum absolute atomic E-state index is 12.3. The van der Waals surface area contributed by atoms with Crippen molar-refractivity contribution < 1.29 is 13.2 Å². The van der Waals surface area contributed by atoms with Crippen LogP contribution in [0.2, 0.25) is 5.02 Å². The van der Waals surface area contributed by atoms with Gasteiger partial charge in [0, 0.05) is 28.0 Å². The third-order valence-electron chi connectivity index (χ3n) is 3.94. The molecule has 0 fully saturated rings. The summed E-state index contributed by atoms with van der Waals surface area (Å²) in [5.41, 5.74) is 0.944. The van der Waals surface area contributed by atoms with Gasteiger partial charge in [-0.2, -0.15) is 0 Å². The number of sulfonamides is 1. The number of hydrogen-bond acceptors (Lipinski definition) is 4. The summed E-state index contributed by atoms with van der Waals surface area (Å²) in [5.74, 6) is 0.680. The maximum atomic E-state index is 12.3. The van der Waals surface area contributed by atoms with Crippen molar-refractivity contribution in [2.75, 3.05) is 13.7 Å². The number of H-pyrrole nitrogens is 1. The lowest BCUT2D eigenvalue weighted by Crippen LogP contribution is -2.27. The van der Waals surface area contributed by atoms with E-state index in [1.165, 1.54) is 24.3 Å². The molecule has 0 saturated carbocycles. The summed E-state index contributed by atoms with van der Waals surface area (Å²) < 4.78 is 32.2. The van der Waals surface area contributed by atoms with Crippen LogP contribution in [0.1, 0.15) is 5.56 Å². The molecule has 8 heteroatoms. The number of hydrogen-bond donors (Lipinski definition) is 2. The van der Waals surface area contributed by atoms with E-state index in [9.17, 15) is 13.2 Å². The average Bonchev–Trinajstić information content (AvgIpc) is 2.62. The summed E-state index contributed by atoms with van der Waals surface area (Å²) in [6.07, 6.45) is 0.259. The predicted molar refractivity (Wildman–Crippen MR) is 101 cm³/mol. The van der Waals surface area contributed by atoms with Crippen LogP contribution in [0.15, 0.2) is 58.2 Å². The van der Waals surface area contributed by atoms with Crippen LogP contribution < -0.4 is 15.0 Å². The van der Waals surface area contributed by atoms with Crippen LogP contribution in [0, 0.1) is 0 Å². The lowest BCUT2D eigenvalue weighted by atomic mass is 10.1. The van der Waals surface area contributed by atoms with Crippen molar-refractivity contribution in [2.24, 2.45) is 0 Å². The summed E-state index contributed by atoms with van der Waals surface area (Å²) in [4.78, 5) is 15.1. The van der Waals surface area contributed by atoms with Crippen molar-refractivity contribution in [1.82, 2.24) is 9.71 Å². The van der Waals surface area contributed by atoms with Gasteiger partial charge in [0.25, 0.3) is 5.56 Å². The van der Waals surface area contributed by atoms with Gasteiger partial charge in [0.2, 0.25) is 10.0 Å². The number of aromatic nitrogens is 1. The van der Waals surface area contributed by atoms with Crippen molar-refractivity contribution in [1.29, 1.82) is 0 Å². The molecule has 0 aliphatic carbocycles. The molecular formula is C18H17ClN2O4S. The average molecular weight is 393 g/mol. The van der Waals surface area contributed by atoms with E-state index in [2.05, 4.69) is 9.71 Å². The van der Waals surface area contributed by atoms with Crippen molar-refractivity contribution in [3.63, 3.8) is 0 Å². The molecule has 6 nitrogen and oxygen atoms in total. The SMILES string of the molecule is COc1ccc2[nH]c(=O)c(CCNS(=O)(=O)c3ccc(Cl)cc3)cc2c1. The fourth-order valence-electron chi connectivity index (χ4n) is 2.56. The quantitative estimate of drug-likeness (QED) is 0.675. The Morgan fingerprint density at radius 2 is 1.85 bits per heavy atom. The molecule has 1 aromatic heterocycles. The van der Waals surface area contributed by atoms with Gasteiger partial charge < -0.3 is 9.72 Å². The molecule has 136 valence electrons. The zero-order chi connectivity index (χ0) is 18.7. The number of rotatable bonds is 6. The number of ether oxygens (including phenoxy) is 1. The van der Waals surface area contributed by atoms with Crippen molar-refractivity contribution in [3.05, 3.63) is 69.5 Å². The Morgan fingerprint density at radius 3 is 2.54 bits per heavy atom. The molecule has 0 radical (unpaired) electrons. The fraction of sp³-hybridized carbons (Fsp3) is 0.167. The summed E-state index contributed by atoms with van der Waals surface area (Å²) in [7, 11) is -2.09. The highest BCUT2D eigenvalue weighted by atomic mass is 35.5. The first-order valence-electron chi connectivity index (χ1n) is 7.84. The molecule has 0 amide bonds. The van der Waals surface area contributed by atoms with E-state index in [1.807, 2.05) is 6.07 Å². The van der Waals surface area contributed by atoms with Gasteiger partial charge in [0.1, 0.15) is 5.75 Å². The van der Waals surface area contributed by atoms with Crippen LogP contribution in [-0.2, 0) is 16.4 Å². The molecule has 0 atom stereocenters. The van der Waals surface area contributed by atoms with Crippen LogP contribution in [0.4, 0.5) is 0 Å². The van der Waals surface area contributed by atoms with E-state index in [0.717, 1.165) is 5.39 Å². The molecule has 0 unspecified atom stereocenters. The van der Waals surface area contributed by atoms with Gasteiger partial charge in [0.05, 0.1) is 12.0 Å². The Labute approximate surface area is 155 Å². The maximum Gasteiger partial charge on any atom is 0.251 e. The number of methoxy groups -OCH3 is 1. The minimum Gasteiger partial charge on any atom is -0.497 e. The normalized spacial score (nSPS) is 11.6. The fourth-order valence-corrected chi connectivity index (χ4v) is 3.72. The minimum absolute atomic E-state index is 0.101. The van der Waals surface area contributed by atoms with Crippen molar-refractivity contribution in [3.8, 4) is 5.75 Å². The zero-order valence-corrected chi connectivity index (χ0v) is 15.5. The smallest absolute Gasteiger partial charge is 0.251 e. The van der Waals surface area contributed by atoms with Crippen LogP contribution in [0.25, 0.3) is 10.9 Å². The Morgan fingerprint density at radius 1 is 1.12 bits per heavy atom. The van der Waals surface area contributed by atoms with Gasteiger partial charge in [-0.1, -0.05) is 11.6 Å². The number of aromatic amines is 1. The molecule has 3 aromatic rings. The predicted octanol–water partition coefficient (Wildman–Crippen LogP) is 2.71. The van der Waals surface area contributed by atoms with Crippen LogP contribution in [0.5, 0.6) is 5.75 Å². The lowest BCUT2D eigenvalue weighted by Gasteiger charge is -2.08. The second-order valence-electron chi connectivity index (χ2n) is 5.68. The molecular weight excluding hydrogens is 376 g/mol. The summed E-state index contributed by atoms with van der Waals surface area (Å²) in [6.45, 7) is 0.101. The molecule has 26 heavy (non-hydrogen) atoms. The van der Waals surface area contributed by atoms with Crippen LogP contribution >= 0.6 is 11.6 Å². The topological polar surface area (TPSA) is 88.3 Å². The van der Waals surface area contributed by atoms with Gasteiger partial charge in [0.15, 0.2) is 0 Å². The second-order valence-corrected chi connectivity index (χ2v) is 7.88. The van der Waals surface area contributed by atoms with E-state index in [1.54, 1.807) is 25.3 Å². The molecule has 2 N–H and O–H groups in total. The molecule has 0 aliphatic rings. The summed E-state index contributed by atoms with van der Waals surface area (Å²) in [5, 5.41) is 1.28. The molecule has 0 bridgehead atoms. The Kier molecular flexibility index (Phi) is 5.31. The highest BCUT2D eigenvalue weighted by Gasteiger charge is 2.13. The summed E-state index contributed by atoms with van der Waals surface area (Å²) >= 11 is 5.77. The molecule has 0 aliphatic heterocycles. The molecule has 1 heterocycles. The van der Waals surface area contributed by atoms with Gasteiger partial charge in [-0.05, 0) is 55.0 Å². The largest absolute Gasteiger partial charge is 0.497 e. The number of benzene rings is 2. The second kappa shape index (κ2) is 7.49. The number of pyridine rings is 1. The lowest BCUT2D eigenvalue weighted by molar-refractivity contribution is 0.415. The first-order chi connectivity index (χ1) is 12.4. The minimum atomic E-state index is -3.65. The van der Waals surface area contributed by atoms with Gasteiger partial charge in [-0.25, -0.2) is 13.1 Å². The van der Waals surface area contributed by atoms with Crippen LogP contribution in [0.3, 0.4) is 0 Å². The van der Waals surface area contributed by atoms with E-state index in [0.29, 0.717) is 21.9 Å². The van der Waals surface area contributed by atoms with Gasteiger partial charge in [-0.3, -0.25) is 4.79 Å².